The van der Waals surface area contributed by atoms with Crippen molar-refractivity contribution in [2.45, 2.75) is 70.6 Å². The maximum absolute atomic E-state index is 12.1. The summed E-state index contributed by atoms with van der Waals surface area (Å²) in [6.07, 6.45) is 16.2. The Morgan fingerprint density at radius 3 is 2.37 bits per heavy atom. The molecule has 0 unspecified atom stereocenters. The van der Waals surface area contributed by atoms with E-state index in [1.165, 1.54) is 57.8 Å². The zero-order valence-electron chi connectivity index (χ0n) is 15.8. The molecule has 0 atom stereocenters. The number of nitrogens with one attached hydrogen (secondary N) is 2. The van der Waals surface area contributed by atoms with Gasteiger partial charge in [-0.05, 0) is 30.9 Å². The zero-order chi connectivity index (χ0) is 18.7. The monoisotopic (exact) mass is 387 g/mol. The lowest BCUT2D eigenvalue weighted by molar-refractivity contribution is 0.252. The van der Waals surface area contributed by atoms with E-state index in [0.717, 1.165) is 30.1 Å². The molecule has 1 aromatic heterocycles. The van der Waals surface area contributed by atoms with Gasteiger partial charge in [0.05, 0.1) is 17.4 Å². The Balaban J connectivity index is 1.48. The molecule has 0 spiro atoms. The number of urea groups is 1. The fourth-order valence-corrected chi connectivity index (χ4v) is 4.15. The number of carbonyl (C=O) groups excluding carboxylic acids is 1. The average molecular weight is 388 g/mol. The average Bonchev–Trinajstić information content (AvgIpc) is 3.13. The van der Waals surface area contributed by atoms with E-state index >= 15 is 0 Å². The fraction of sp³-hybridized carbons (Fsp3) is 0.600. The van der Waals surface area contributed by atoms with Gasteiger partial charge in [-0.2, -0.15) is 13.8 Å². The number of hydrazone groups is 1. The van der Waals surface area contributed by atoms with Gasteiger partial charge in [-0.3, -0.25) is 0 Å². The highest BCUT2D eigenvalue weighted by Crippen LogP contribution is 2.21. The number of hydrogen-bond donors (Lipinski definition) is 2. The smallest absolute Gasteiger partial charge is 0.304 e. The lowest BCUT2D eigenvalue weighted by Crippen LogP contribution is -2.24. The van der Waals surface area contributed by atoms with Crippen molar-refractivity contribution in [2.24, 2.45) is 11.0 Å². The van der Waals surface area contributed by atoms with E-state index in [4.69, 9.17) is 0 Å². The van der Waals surface area contributed by atoms with Crippen LogP contribution in [0.2, 0.25) is 0 Å². The first-order valence-corrected chi connectivity index (χ1v) is 10.9. The number of nitrogens with zero attached hydrogens (tertiary/aromatic N) is 3. The van der Waals surface area contributed by atoms with Gasteiger partial charge in [0, 0.05) is 6.21 Å². The Bertz CT molecular complexity index is 733. The van der Waals surface area contributed by atoms with Crippen molar-refractivity contribution in [2.75, 3.05) is 5.32 Å². The van der Waals surface area contributed by atoms with Crippen LogP contribution in [0.15, 0.2) is 23.3 Å². The predicted molar refractivity (Wildman–Crippen MR) is 112 cm³/mol. The van der Waals surface area contributed by atoms with E-state index in [1.807, 2.05) is 24.4 Å². The summed E-state index contributed by atoms with van der Waals surface area (Å²) in [5.74, 6) is 0.455. The van der Waals surface area contributed by atoms with E-state index < -0.39 is 0 Å². The van der Waals surface area contributed by atoms with Crippen molar-refractivity contribution < 1.29 is 4.79 Å². The SMILES string of the molecule is O=C(N/N=C/C1CCCCCCCCCCC1)Nc1cccc2nsnc12. The maximum Gasteiger partial charge on any atom is 0.339 e. The minimum absolute atomic E-state index is 0.347. The summed E-state index contributed by atoms with van der Waals surface area (Å²) in [6, 6.07) is 5.21. The number of rotatable bonds is 3. The van der Waals surface area contributed by atoms with Gasteiger partial charge in [-0.1, -0.05) is 63.9 Å². The Morgan fingerprint density at radius 1 is 1.00 bits per heavy atom. The largest absolute Gasteiger partial charge is 0.339 e. The molecule has 6 nitrogen and oxygen atoms in total. The van der Waals surface area contributed by atoms with Crippen LogP contribution in [0.1, 0.15) is 70.6 Å². The molecule has 3 rings (SSSR count). The van der Waals surface area contributed by atoms with Gasteiger partial charge in [0.1, 0.15) is 11.0 Å². The third kappa shape index (κ3) is 6.57. The molecular formula is C20H29N5OS. The molecule has 1 fully saturated rings. The standard InChI is InChI=1S/C20H29N5OS/c26-20(22-17-13-10-14-18-19(17)25-27-24-18)23-21-15-16-11-8-6-4-2-1-3-5-7-9-12-16/h10,13-16H,1-9,11-12H2,(H2,22,23,26)/b21-15+. The molecule has 1 heterocycles. The van der Waals surface area contributed by atoms with Gasteiger partial charge in [-0.25, -0.2) is 10.2 Å². The molecule has 7 heteroatoms. The summed E-state index contributed by atoms with van der Waals surface area (Å²) in [5, 5.41) is 7.01. The third-order valence-electron chi connectivity index (χ3n) is 5.14. The van der Waals surface area contributed by atoms with Crippen molar-refractivity contribution in [1.82, 2.24) is 14.2 Å². The predicted octanol–water partition coefficient (Wildman–Crippen LogP) is 5.72. The van der Waals surface area contributed by atoms with E-state index in [-0.39, 0.29) is 6.03 Å². The van der Waals surface area contributed by atoms with Crippen molar-refractivity contribution >= 4 is 40.7 Å². The van der Waals surface area contributed by atoms with Gasteiger partial charge < -0.3 is 5.32 Å². The first-order chi connectivity index (χ1) is 13.3. The summed E-state index contributed by atoms with van der Waals surface area (Å²) in [4.78, 5) is 12.1. The number of anilines is 1. The number of amides is 2. The van der Waals surface area contributed by atoms with Crippen LogP contribution in [-0.4, -0.2) is 21.0 Å². The summed E-state index contributed by atoms with van der Waals surface area (Å²) >= 11 is 1.14. The number of aromatic nitrogens is 2. The highest BCUT2D eigenvalue weighted by atomic mass is 32.1. The van der Waals surface area contributed by atoms with Crippen LogP contribution >= 0.6 is 11.7 Å². The molecule has 0 saturated heterocycles. The molecule has 0 bridgehead atoms. The van der Waals surface area contributed by atoms with E-state index in [9.17, 15) is 4.79 Å². The minimum Gasteiger partial charge on any atom is -0.304 e. The van der Waals surface area contributed by atoms with E-state index in [2.05, 4.69) is 24.6 Å². The first-order valence-electron chi connectivity index (χ1n) is 10.1. The Kier molecular flexibility index (Phi) is 8.02. The van der Waals surface area contributed by atoms with Crippen molar-refractivity contribution in [3.05, 3.63) is 18.2 Å². The molecular weight excluding hydrogens is 358 g/mol. The normalized spacial score (nSPS) is 18.1. The van der Waals surface area contributed by atoms with Crippen LogP contribution in [0.3, 0.4) is 0 Å². The minimum atomic E-state index is -0.347. The van der Waals surface area contributed by atoms with E-state index in [0.29, 0.717) is 17.1 Å². The van der Waals surface area contributed by atoms with Crippen LogP contribution in [-0.2, 0) is 0 Å². The van der Waals surface area contributed by atoms with Gasteiger partial charge in [-0.15, -0.1) is 0 Å². The first kappa shape index (κ1) is 19.7. The molecule has 1 aromatic carbocycles. The third-order valence-corrected chi connectivity index (χ3v) is 5.68. The molecule has 1 saturated carbocycles. The van der Waals surface area contributed by atoms with Crippen LogP contribution in [0.25, 0.3) is 11.0 Å². The number of benzene rings is 1. The Hall–Kier alpha value is -2.02. The second kappa shape index (κ2) is 11.0. The molecule has 1 aliphatic carbocycles. The maximum atomic E-state index is 12.1. The topological polar surface area (TPSA) is 79.3 Å². The molecule has 146 valence electrons. The summed E-state index contributed by atoms with van der Waals surface area (Å²) in [5.41, 5.74) is 4.74. The lowest BCUT2D eigenvalue weighted by Gasteiger charge is -2.13. The van der Waals surface area contributed by atoms with Crippen molar-refractivity contribution in [3.63, 3.8) is 0 Å². The summed E-state index contributed by atoms with van der Waals surface area (Å²) < 4.78 is 8.41. The van der Waals surface area contributed by atoms with Crippen LogP contribution < -0.4 is 10.7 Å². The van der Waals surface area contributed by atoms with Gasteiger partial charge in [0.2, 0.25) is 0 Å². The molecule has 0 radical (unpaired) electrons. The number of fused-ring (bicyclic) bond motifs is 1. The molecule has 2 amide bonds. The highest BCUT2D eigenvalue weighted by Gasteiger charge is 2.09. The molecule has 1 aliphatic rings. The Morgan fingerprint density at radius 2 is 1.67 bits per heavy atom. The molecule has 27 heavy (non-hydrogen) atoms. The summed E-state index contributed by atoms with van der Waals surface area (Å²) in [6.45, 7) is 0. The number of hydrogen-bond acceptors (Lipinski definition) is 5. The highest BCUT2D eigenvalue weighted by molar-refractivity contribution is 7.00. The van der Waals surface area contributed by atoms with Crippen LogP contribution in [0, 0.1) is 5.92 Å². The molecule has 2 N–H and O–H groups in total. The van der Waals surface area contributed by atoms with Crippen molar-refractivity contribution in [1.29, 1.82) is 0 Å². The van der Waals surface area contributed by atoms with Gasteiger partial charge in [0.25, 0.3) is 0 Å². The fourth-order valence-electron chi connectivity index (χ4n) is 3.60. The second-order valence-corrected chi connectivity index (χ2v) is 7.83. The van der Waals surface area contributed by atoms with Gasteiger partial charge >= 0.3 is 6.03 Å². The van der Waals surface area contributed by atoms with E-state index in [1.54, 1.807) is 0 Å². The molecule has 2 aromatic rings. The second-order valence-electron chi connectivity index (χ2n) is 7.30. The van der Waals surface area contributed by atoms with Crippen LogP contribution in [0.4, 0.5) is 10.5 Å². The lowest BCUT2D eigenvalue weighted by atomic mass is 9.94. The quantitative estimate of drug-likeness (QED) is 0.522. The van der Waals surface area contributed by atoms with Crippen LogP contribution in [0.5, 0.6) is 0 Å². The molecule has 0 aliphatic heterocycles. The van der Waals surface area contributed by atoms with Gasteiger partial charge in [0.15, 0.2) is 0 Å². The Labute approximate surface area is 165 Å². The summed E-state index contributed by atoms with van der Waals surface area (Å²) in [7, 11) is 0. The van der Waals surface area contributed by atoms with Crippen molar-refractivity contribution in [3.8, 4) is 0 Å². The zero-order valence-corrected chi connectivity index (χ0v) is 16.6. The number of carbonyl (C=O) groups is 1.